The fourth-order valence-corrected chi connectivity index (χ4v) is 1.89. The van der Waals surface area contributed by atoms with Gasteiger partial charge in [0.1, 0.15) is 6.33 Å². The van der Waals surface area contributed by atoms with Crippen molar-refractivity contribution < 1.29 is 10.3 Å². The number of hydrogen-bond acceptors (Lipinski definition) is 7. The van der Waals surface area contributed by atoms with Crippen LogP contribution >= 0.6 is 0 Å². The van der Waals surface area contributed by atoms with Crippen LogP contribution in [0.2, 0.25) is 0 Å². The molecule has 0 aliphatic rings. The quantitative estimate of drug-likeness (QED) is 0.398. The van der Waals surface area contributed by atoms with Crippen molar-refractivity contribution in [1.29, 1.82) is 0 Å². The predicted molar refractivity (Wildman–Crippen MR) is 73.8 cm³/mol. The van der Waals surface area contributed by atoms with Gasteiger partial charge in [-0.05, 0) is 19.9 Å². The Bertz CT molecular complexity index is 888. The molecule has 0 bridgehead atoms. The molecule has 3 heterocycles. The summed E-state index contributed by atoms with van der Waals surface area (Å²) >= 11 is 0. The molecule has 22 heavy (non-hydrogen) atoms. The molecule has 116 valence electrons. The zero-order valence-electron chi connectivity index (χ0n) is 11.6. The minimum atomic E-state index is -1.50. The second-order valence-corrected chi connectivity index (χ2v) is 4.27. The monoisotopic (exact) mass is 308 g/mol. The Labute approximate surface area is 121 Å². The van der Waals surface area contributed by atoms with Crippen molar-refractivity contribution in [2.24, 2.45) is 0 Å². The first-order valence-corrected chi connectivity index (χ1v) is 5.89. The molecule has 12 heteroatoms. The first kappa shape index (κ1) is 15.0. The van der Waals surface area contributed by atoms with Crippen molar-refractivity contribution >= 4 is 17.1 Å². The van der Waals surface area contributed by atoms with E-state index in [9.17, 15) is 4.79 Å². The highest BCUT2D eigenvalue weighted by atomic mass is 16.9. The Hall–Kier alpha value is -3.44. The smallest absolute Gasteiger partial charge is 0.291 e. The number of aromatic nitrogens is 6. The molecule has 0 saturated carbocycles. The van der Waals surface area contributed by atoms with Crippen molar-refractivity contribution in [1.82, 2.24) is 29.5 Å². The predicted octanol–water partition coefficient (Wildman–Crippen LogP) is -0.521. The lowest BCUT2D eigenvalue weighted by atomic mass is 10.4. The molecule has 3 aromatic rings. The lowest BCUT2D eigenvalue weighted by Gasteiger charge is -2.05. The number of nitrogens with two attached hydrogens (primary N) is 1. The van der Waals surface area contributed by atoms with Gasteiger partial charge in [0.05, 0.1) is 11.4 Å². The summed E-state index contributed by atoms with van der Waals surface area (Å²) in [6, 6.07) is 1.92. The number of aromatic amines is 1. The van der Waals surface area contributed by atoms with Crippen LogP contribution in [0.1, 0.15) is 11.4 Å². The van der Waals surface area contributed by atoms with Gasteiger partial charge in [0, 0.05) is 0 Å². The van der Waals surface area contributed by atoms with Gasteiger partial charge in [0.15, 0.2) is 11.2 Å². The third-order valence-electron chi connectivity index (χ3n) is 2.60. The molecule has 0 aliphatic carbocycles. The van der Waals surface area contributed by atoms with Crippen LogP contribution in [-0.4, -0.2) is 39.8 Å². The maximum absolute atomic E-state index is 11.7. The molecule has 0 atom stereocenters. The molecular formula is C10H12N8O4. The number of aryl methyl sites for hydroxylation is 2. The number of nitrogens with zero attached hydrogens (tertiary/aromatic N) is 6. The van der Waals surface area contributed by atoms with E-state index in [0.29, 0.717) is 5.65 Å². The first-order valence-electron chi connectivity index (χ1n) is 5.89. The Morgan fingerprint density at radius 3 is 2.64 bits per heavy atom. The van der Waals surface area contributed by atoms with Crippen molar-refractivity contribution in [3.8, 4) is 0 Å². The van der Waals surface area contributed by atoms with E-state index in [1.165, 1.54) is 6.33 Å². The molecule has 3 rings (SSSR count). The van der Waals surface area contributed by atoms with E-state index in [1.54, 1.807) is 9.47 Å². The average molecular weight is 308 g/mol. The van der Waals surface area contributed by atoms with Gasteiger partial charge < -0.3 is 10.9 Å². The third-order valence-corrected chi connectivity index (χ3v) is 2.60. The normalized spacial score (nSPS) is 10.3. The van der Waals surface area contributed by atoms with Gasteiger partial charge in [0.25, 0.3) is 10.6 Å². The molecule has 0 radical (unpaired) electrons. The fourth-order valence-electron chi connectivity index (χ4n) is 1.89. The van der Waals surface area contributed by atoms with Gasteiger partial charge >= 0.3 is 0 Å². The first-order chi connectivity index (χ1) is 10.3. The standard InChI is InChI=1S/C10H11N7O.HNO3/c1-5-3-6(2)17(15-5)16-4-12-7-8(16)13-10(11)14-9(7)18;2-1(3)4/h3-4H,1-2H3,(H3,11,13,14,18);(H,2,3,4). The van der Waals surface area contributed by atoms with Crippen LogP contribution in [-0.2, 0) is 0 Å². The molecule has 0 aromatic carbocycles. The van der Waals surface area contributed by atoms with Crippen LogP contribution in [0.25, 0.3) is 11.2 Å². The van der Waals surface area contributed by atoms with Crippen molar-refractivity contribution in [2.45, 2.75) is 13.8 Å². The number of rotatable bonds is 1. The van der Waals surface area contributed by atoms with Crippen LogP contribution in [0.5, 0.6) is 0 Å². The Morgan fingerprint density at radius 2 is 2.09 bits per heavy atom. The summed E-state index contributed by atoms with van der Waals surface area (Å²) in [6.45, 7) is 3.79. The van der Waals surface area contributed by atoms with Crippen LogP contribution in [0.4, 0.5) is 5.95 Å². The second kappa shape index (κ2) is 5.51. The van der Waals surface area contributed by atoms with E-state index >= 15 is 0 Å². The molecule has 0 aliphatic heterocycles. The average Bonchev–Trinajstić information content (AvgIpc) is 2.91. The zero-order valence-corrected chi connectivity index (χ0v) is 11.6. The molecule has 4 N–H and O–H groups in total. The molecular weight excluding hydrogens is 296 g/mol. The van der Waals surface area contributed by atoms with Crippen molar-refractivity contribution in [3.63, 3.8) is 0 Å². The highest BCUT2D eigenvalue weighted by Gasteiger charge is 2.12. The number of nitrogen functional groups attached to an aromatic ring is 1. The van der Waals surface area contributed by atoms with Gasteiger partial charge in [-0.15, -0.1) is 10.1 Å². The fraction of sp³-hybridized carbons (Fsp3) is 0.200. The SMILES string of the molecule is Cc1cc(C)n(-n2cnc3c(=O)[nH]c(N)nc32)n1.O=[N+]([O-])O. The summed E-state index contributed by atoms with van der Waals surface area (Å²) in [5, 5.41) is 17.9. The highest BCUT2D eigenvalue weighted by Crippen LogP contribution is 2.09. The maximum Gasteiger partial charge on any atom is 0.291 e. The molecule has 0 fully saturated rings. The topological polar surface area (TPSA) is 171 Å². The van der Waals surface area contributed by atoms with Gasteiger partial charge in [-0.25, -0.2) is 9.66 Å². The summed E-state index contributed by atoms with van der Waals surface area (Å²) in [7, 11) is 0. The minimum Gasteiger partial charge on any atom is -0.369 e. The molecule has 0 spiro atoms. The van der Waals surface area contributed by atoms with Crippen LogP contribution in [0.15, 0.2) is 17.2 Å². The number of anilines is 1. The van der Waals surface area contributed by atoms with Crippen molar-refractivity contribution in [3.05, 3.63) is 44.2 Å². The molecule has 12 nitrogen and oxygen atoms in total. The summed E-state index contributed by atoms with van der Waals surface area (Å²) in [5.74, 6) is 0.0516. The largest absolute Gasteiger partial charge is 0.369 e. The minimum absolute atomic E-state index is 0.0516. The molecule has 0 saturated heterocycles. The third kappa shape index (κ3) is 2.84. The summed E-state index contributed by atoms with van der Waals surface area (Å²) < 4.78 is 1.59. The van der Waals surface area contributed by atoms with Crippen LogP contribution in [0, 0.1) is 24.0 Å². The lowest BCUT2D eigenvalue weighted by molar-refractivity contribution is -0.742. The lowest BCUT2D eigenvalue weighted by Crippen LogP contribution is -2.16. The summed E-state index contributed by atoms with van der Waals surface area (Å²) in [6.07, 6.45) is 1.49. The maximum atomic E-state index is 11.7. The molecule has 0 amide bonds. The van der Waals surface area contributed by atoms with Gasteiger partial charge in [-0.1, -0.05) is 0 Å². The van der Waals surface area contributed by atoms with Gasteiger partial charge in [-0.2, -0.15) is 14.9 Å². The Morgan fingerprint density at radius 1 is 1.45 bits per heavy atom. The Balaban J connectivity index is 0.000000396. The van der Waals surface area contributed by atoms with E-state index in [4.69, 9.17) is 21.1 Å². The van der Waals surface area contributed by atoms with Crippen LogP contribution < -0.4 is 11.3 Å². The Kier molecular flexibility index (Phi) is 3.75. The van der Waals surface area contributed by atoms with E-state index in [1.807, 2.05) is 19.9 Å². The molecule has 3 aromatic heterocycles. The van der Waals surface area contributed by atoms with E-state index < -0.39 is 5.09 Å². The van der Waals surface area contributed by atoms with E-state index in [0.717, 1.165) is 11.4 Å². The van der Waals surface area contributed by atoms with Crippen LogP contribution in [0.3, 0.4) is 0 Å². The number of nitrogens with one attached hydrogen (secondary N) is 1. The molecule has 0 unspecified atom stereocenters. The van der Waals surface area contributed by atoms with E-state index in [-0.39, 0.29) is 17.0 Å². The summed E-state index contributed by atoms with van der Waals surface area (Å²) in [4.78, 5) is 32.2. The second-order valence-electron chi connectivity index (χ2n) is 4.27. The highest BCUT2D eigenvalue weighted by molar-refractivity contribution is 5.70. The van der Waals surface area contributed by atoms with Gasteiger partial charge in [0.2, 0.25) is 5.95 Å². The number of imidazole rings is 1. The number of hydrogen-bond donors (Lipinski definition) is 3. The number of H-pyrrole nitrogens is 1. The van der Waals surface area contributed by atoms with Crippen molar-refractivity contribution in [2.75, 3.05) is 5.73 Å². The number of fused-ring (bicyclic) bond motifs is 1. The van der Waals surface area contributed by atoms with E-state index in [2.05, 4.69) is 20.1 Å². The van der Waals surface area contributed by atoms with Gasteiger partial charge in [-0.3, -0.25) is 9.78 Å². The zero-order chi connectivity index (χ0) is 16.4. The summed E-state index contributed by atoms with van der Waals surface area (Å²) in [5.41, 5.74) is 7.56.